The van der Waals surface area contributed by atoms with E-state index in [2.05, 4.69) is 0 Å². The maximum atomic E-state index is 13.2. The van der Waals surface area contributed by atoms with Crippen LogP contribution < -0.4 is 0 Å². The number of hydrogen-bond donors (Lipinski definition) is 1. The second-order valence-electron chi connectivity index (χ2n) is 4.36. The van der Waals surface area contributed by atoms with Crippen molar-refractivity contribution in [3.63, 3.8) is 0 Å². The third kappa shape index (κ3) is 3.07. The molecule has 19 heavy (non-hydrogen) atoms. The molecule has 1 amide bonds. The van der Waals surface area contributed by atoms with Crippen LogP contribution in [0.3, 0.4) is 0 Å². The van der Waals surface area contributed by atoms with E-state index in [1.165, 1.54) is 28.8 Å². The Balaban J connectivity index is 2.22. The molecule has 1 fully saturated rings. The van der Waals surface area contributed by atoms with Crippen LogP contribution in [0.2, 0.25) is 0 Å². The third-order valence-corrected chi connectivity index (χ3v) is 4.34. The van der Waals surface area contributed by atoms with Gasteiger partial charge in [-0.25, -0.2) is 4.39 Å². The lowest BCUT2D eigenvalue weighted by molar-refractivity contribution is -0.138. The number of carbonyl (C=O) groups excluding carboxylic acids is 1. The van der Waals surface area contributed by atoms with Crippen molar-refractivity contribution in [2.45, 2.75) is 24.0 Å². The highest BCUT2D eigenvalue weighted by Gasteiger charge is 2.38. The molecule has 0 bridgehead atoms. The van der Waals surface area contributed by atoms with Crippen LogP contribution in [0.15, 0.2) is 24.3 Å². The Kier molecular flexibility index (Phi) is 4.09. The molecule has 1 aliphatic heterocycles. The highest BCUT2D eigenvalue weighted by Crippen LogP contribution is 2.42. The van der Waals surface area contributed by atoms with Gasteiger partial charge in [0.05, 0.1) is 11.7 Å². The first-order valence-electron chi connectivity index (χ1n) is 5.92. The number of halogens is 1. The van der Waals surface area contributed by atoms with Gasteiger partial charge in [0.15, 0.2) is 0 Å². The molecular weight excluding hydrogens is 269 g/mol. The van der Waals surface area contributed by atoms with Gasteiger partial charge >= 0.3 is 5.97 Å². The molecular formula is C13H14FNO3S. The fourth-order valence-electron chi connectivity index (χ4n) is 2.04. The normalized spacial score (nSPS) is 22.8. The summed E-state index contributed by atoms with van der Waals surface area (Å²) < 4.78 is 13.2. The summed E-state index contributed by atoms with van der Waals surface area (Å²) in [6.45, 7) is 1.92. The van der Waals surface area contributed by atoms with Gasteiger partial charge in [0.25, 0.3) is 0 Å². The summed E-state index contributed by atoms with van der Waals surface area (Å²) in [5, 5.41) is 8.18. The van der Waals surface area contributed by atoms with Crippen LogP contribution in [-0.4, -0.2) is 33.7 Å². The zero-order valence-electron chi connectivity index (χ0n) is 10.4. The summed E-state index contributed by atoms with van der Waals surface area (Å²) in [4.78, 5) is 24.2. The number of rotatable bonds is 4. The van der Waals surface area contributed by atoms with E-state index in [9.17, 15) is 14.0 Å². The first kappa shape index (κ1) is 13.9. The molecule has 1 N–H and O–H groups in total. The zero-order valence-corrected chi connectivity index (χ0v) is 11.2. The van der Waals surface area contributed by atoms with Gasteiger partial charge in [-0.1, -0.05) is 12.1 Å². The molecule has 2 rings (SSSR count). The van der Waals surface area contributed by atoms with Crippen molar-refractivity contribution in [3.05, 3.63) is 35.6 Å². The van der Waals surface area contributed by atoms with Crippen molar-refractivity contribution < 1.29 is 19.1 Å². The van der Waals surface area contributed by atoms with E-state index in [4.69, 9.17) is 5.11 Å². The molecule has 0 radical (unpaired) electrons. The van der Waals surface area contributed by atoms with E-state index >= 15 is 0 Å². The van der Waals surface area contributed by atoms with E-state index in [1.54, 1.807) is 19.1 Å². The van der Waals surface area contributed by atoms with E-state index in [0.29, 0.717) is 5.56 Å². The zero-order chi connectivity index (χ0) is 14.0. The van der Waals surface area contributed by atoms with Crippen LogP contribution >= 0.6 is 11.8 Å². The largest absolute Gasteiger partial charge is 0.481 e. The maximum Gasteiger partial charge on any atom is 0.305 e. The summed E-state index contributed by atoms with van der Waals surface area (Å²) in [7, 11) is 0. The summed E-state index contributed by atoms with van der Waals surface area (Å²) in [5.74, 6) is -1.40. The Morgan fingerprint density at radius 3 is 2.89 bits per heavy atom. The number of nitrogens with zero attached hydrogens (tertiary/aromatic N) is 1. The van der Waals surface area contributed by atoms with Crippen molar-refractivity contribution in [1.82, 2.24) is 4.90 Å². The number of amides is 1. The van der Waals surface area contributed by atoms with Gasteiger partial charge < -0.3 is 10.0 Å². The molecule has 1 aliphatic rings. The lowest BCUT2D eigenvalue weighted by Gasteiger charge is -2.23. The molecule has 1 aromatic rings. The van der Waals surface area contributed by atoms with E-state index < -0.39 is 5.97 Å². The number of carboxylic acid groups (broad SMARTS) is 1. The van der Waals surface area contributed by atoms with Crippen molar-refractivity contribution in [1.29, 1.82) is 0 Å². The van der Waals surface area contributed by atoms with Crippen LogP contribution in [0.5, 0.6) is 0 Å². The standard InChI is InChI=1S/C13H14FNO3S/c1-8-12(18)15(6-5-11(16)17)13(19-8)9-3-2-4-10(14)7-9/h2-4,7-8,13H,5-6H2,1H3,(H,16,17)/t8-,13+/m1/s1. The number of hydrogen-bond acceptors (Lipinski definition) is 3. The van der Waals surface area contributed by atoms with E-state index in [-0.39, 0.29) is 35.3 Å². The summed E-state index contributed by atoms with van der Waals surface area (Å²) in [6, 6.07) is 6.07. The fourth-order valence-corrected chi connectivity index (χ4v) is 3.33. The molecule has 0 saturated carbocycles. The molecule has 0 aliphatic carbocycles. The Labute approximate surface area is 114 Å². The lowest BCUT2D eigenvalue weighted by Crippen LogP contribution is -2.32. The third-order valence-electron chi connectivity index (χ3n) is 2.95. The molecule has 6 heteroatoms. The van der Waals surface area contributed by atoms with Crippen molar-refractivity contribution in [2.75, 3.05) is 6.54 Å². The van der Waals surface area contributed by atoms with Crippen LogP contribution in [0.1, 0.15) is 24.3 Å². The smallest absolute Gasteiger partial charge is 0.305 e. The minimum Gasteiger partial charge on any atom is -0.481 e. The fraction of sp³-hybridized carbons (Fsp3) is 0.385. The van der Waals surface area contributed by atoms with Crippen molar-refractivity contribution in [3.8, 4) is 0 Å². The van der Waals surface area contributed by atoms with Gasteiger partial charge in [0.2, 0.25) is 5.91 Å². The van der Waals surface area contributed by atoms with Crippen LogP contribution in [-0.2, 0) is 9.59 Å². The molecule has 2 atom stereocenters. The molecule has 0 unspecified atom stereocenters. The van der Waals surface area contributed by atoms with Gasteiger partial charge in [0, 0.05) is 6.54 Å². The molecule has 102 valence electrons. The SMILES string of the molecule is C[C@H]1S[C@@H](c2cccc(F)c2)N(CCC(=O)O)C1=O. The molecule has 1 aromatic carbocycles. The van der Waals surface area contributed by atoms with Crippen LogP contribution in [0.25, 0.3) is 0 Å². The highest BCUT2D eigenvalue weighted by molar-refractivity contribution is 8.01. The predicted octanol–water partition coefficient (Wildman–Crippen LogP) is 2.26. The Morgan fingerprint density at radius 1 is 1.53 bits per heavy atom. The highest BCUT2D eigenvalue weighted by atomic mass is 32.2. The summed E-state index contributed by atoms with van der Waals surface area (Å²) in [6.07, 6.45) is -0.106. The Hall–Kier alpha value is -1.56. The Bertz CT molecular complexity index is 508. The second kappa shape index (κ2) is 5.61. The summed E-state index contributed by atoms with van der Waals surface area (Å²) >= 11 is 1.41. The predicted molar refractivity (Wildman–Crippen MR) is 70.2 cm³/mol. The van der Waals surface area contributed by atoms with E-state index in [1.807, 2.05) is 0 Å². The quantitative estimate of drug-likeness (QED) is 0.921. The first-order valence-corrected chi connectivity index (χ1v) is 6.86. The van der Waals surface area contributed by atoms with Crippen LogP contribution in [0, 0.1) is 5.82 Å². The van der Waals surface area contributed by atoms with Crippen LogP contribution in [0.4, 0.5) is 4.39 Å². The van der Waals surface area contributed by atoms with Gasteiger partial charge in [-0.05, 0) is 24.6 Å². The van der Waals surface area contributed by atoms with E-state index in [0.717, 1.165) is 0 Å². The van der Waals surface area contributed by atoms with Gasteiger partial charge in [0.1, 0.15) is 11.2 Å². The number of aliphatic carboxylic acids is 1. The molecule has 1 saturated heterocycles. The van der Waals surface area contributed by atoms with Gasteiger partial charge in [-0.3, -0.25) is 9.59 Å². The van der Waals surface area contributed by atoms with Crippen molar-refractivity contribution in [2.24, 2.45) is 0 Å². The Morgan fingerprint density at radius 2 is 2.26 bits per heavy atom. The average molecular weight is 283 g/mol. The summed E-state index contributed by atoms with van der Waals surface area (Å²) in [5.41, 5.74) is 0.688. The number of thioether (sulfide) groups is 1. The van der Waals surface area contributed by atoms with Gasteiger partial charge in [-0.2, -0.15) is 0 Å². The average Bonchev–Trinajstić information content (AvgIpc) is 2.63. The molecule has 0 spiro atoms. The molecule has 4 nitrogen and oxygen atoms in total. The number of benzene rings is 1. The number of carbonyl (C=O) groups is 2. The number of carboxylic acids is 1. The topological polar surface area (TPSA) is 57.6 Å². The van der Waals surface area contributed by atoms with Gasteiger partial charge in [-0.15, -0.1) is 11.8 Å². The maximum absolute atomic E-state index is 13.2. The molecule has 1 heterocycles. The first-order chi connectivity index (χ1) is 8.99. The van der Waals surface area contributed by atoms with Crippen molar-refractivity contribution >= 4 is 23.6 Å². The minimum atomic E-state index is -0.949. The minimum absolute atomic E-state index is 0.0967. The second-order valence-corrected chi connectivity index (χ2v) is 5.79. The molecule has 0 aromatic heterocycles. The monoisotopic (exact) mass is 283 g/mol. The lowest BCUT2D eigenvalue weighted by atomic mass is 10.2.